The largest absolute Gasteiger partial charge is 0.339 e. The molecule has 4 rings (SSSR count). The molecule has 1 fully saturated rings. The van der Waals surface area contributed by atoms with Crippen molar-refractivity contribution in [3.63, 3.8) is 0 Å². The summed E-state index contributed by atoms with van der Waals surface area (Å²) in [6.45, 7) is 1.62. The number of rotatable bonds is 2. The van der Waals surface area contributed by atoms with Crippen molar-refractivity contribution < 1.29 is 4.79 Å². The SMILES string of the molecule is O=C(c1ccc(-n2c(=O)[nH]c3ncc(Cl)cc32)cc1)N1CCCC1. The third kappa shape index (κ3) is 2.49. The first-order chi connectivity index (χ1) is 11.6. The molecular formula is C17H15ClN4O2. The standard InChI is InChI=1S/C17H15ClN4O2/c18-12-9-14-15(19-10-12)20-17(24)22(14)13-5-3-11(4-6-13)16(23)21-7-1-2-8-21/h3-6,9-10H,1-2,7-8H2,(H,19,20,24). The van der Waals surface area contributed by atoms with E-state index in [0.29, 0.717) is 27.4 Å². The molecule has 0 atom stereocenters. The molecule has 2 aromatic heterocycles. The van der Waals surface area contributed by atoms with Crippen LogP contribution in [0.2, 0.25) is 5.02 Å². The number of hydrogen-bond donors (Lipinski definition) is 1. The number of carbonyl (C=O) groups is 1. The van der Waals surface area contributed by atoms with Gasteiger partial charge in [-0.25, -0.2) is 9.78 Å². The molecule has 1 aliphatic heterocycles. The summed E-state index contributed by atoms with van der Waals surface area (Å²) >= 11 is 5.98. The lowest BCUT2D eigenvalue weighted by molar-refractivity contribution is 0.0793. The summed E-state index contributed by atoms with van der Waals surface area (Å²) in [6, 6.07) is 8.71. The fourth-order valence-corrected chi connectivity index (χ4v) is 3.23. The summed E-state index contributed by atoms with van der Waals surface area (Å²) in [5.41, 5.74) is 2.07. The minimum atomic E-state index is -0.293. The van der Waals surface area contributed by atoms with Crippen LogP contribution in [-0.4, -0.2) is 38.4 Å². The lowest BCUT2D eigenvalue weighted by Gasteiger charge is -2.15. The highest BCUT2D eigenvalue weighted by Crippen LogP contribution is 2.19. The fourth-order valence-electron chi connectivity index (χ4n) is 3.07. The number of hydrogen-bond acceptors (Lipinski definition) is 3. The Morgan fingerprint density at radius 3 is 2.58 bits per heavy atom. The summed E-state index contributed by atoms with van der Waals surface area (Å²) in [6.07, 6.45) is 3.60. The molecule has 122 valence electrons. The molecule has 1 N–H and O–H groups in total. The number of H-pyrrole nitrogens is 1. The number of aromatic nitrogens is 3. The van der Waals surface area contributed by atoms with Gasteiger partial charge in [0.05, 0.1) is 16.2 Å². The number of likely N-dealkylation sites (tertiary alicyclic amines) is 1. The molecule has 1 aliphatic rings. The highest BCUT2D eigenvalue weighted by molar-refractivity contribution is 6.31. The monoisotopic (exact) mass is 342 g/mol. The van der Waals surface area contributed by atoms with Crippen LogP contribution in [0.25, 0.3) is 16.9 Å². The van der Waals surface area contributed by atoms with Gasteiger partial charge in [-0.2, -0.15) is 0 Å². The molecule has 1 aromatic carbocycles. The number of benzene rings is 1. The smallest absolute Gasteiger partial charge is 0.332 e. The number of carbonyl (C=O) groups excluding carboxylic acids is 1. The molecule has 7 heteroatoms. The first-order valence-electron chi connectivity index (χ1n) is 7.79. The van der Waals surface area contributed by atoms with Crippen LogP contribution in [0.5, 0.6) is 0 Å². The normalized spacial score (nSPS) is 14.5. The van der Waals surface area contributed by atoms with E-state index in [1.54, 1.807) is 30.3 Å². The Kier molecular flexibility index (Phi) is 3.61. The lowest BCUT2D eigenvalue weighted by atomic mass is 10.2. The topological polar surface area (TPSA) is 71.0 Å². The molecule has 0 spiro atoms. The Labute approximate surface area is 142 Å². The number of halogens is 1. The maximum absolute atomic E-state index is 12.4. The molecule has 0 saturated carbocycles. The average molecular weight is 343 g/mol. The maximum Gasteiger partial charge on any atom is 0.332 e. The van der Waals surface area contributed by atoms with E-state index in [1.165, 1.54) is 10.8 Å². The van der Waals surface area contributed by atoms with Crippen molar-refractivity contribution in [2.45, 2.75) is 12.8 Å². The Morgan fingerprint density at radius 2 is 1.88 bits per heavy atom. The molecule has 0 bridgehead atoms. The zero-order valence-electron chi connectivity index (χ0n) is 12.8. The third-order valence-corrected chi connectivity index (χ3v) is 4.48. The molecule has 0 aliphatic carbocycles. The second kappa shape index (κ2) is 5.79. The summed E-state index contributed by atoms with van der Waals surface area (Å²) in [5.74, 6) is 0.0371. The van der Waals surface area contributed by atoms with Gasteiger partial charge < -0.3 is 4.90 Å². The van der Waals surface area contributed by atoms with Gasteiger partial charge in [0.25, 0.3) is 5.91 Å². The second-order valence-electron chi connectivity index (χ2n) is 5.83. The van der Waals surface area contributed by atoms with E-state index in [4.69, 9.17) is 11.6 Å². The predicted molar refractivity (Wildman–Crippen MR) is 91.8 cm³/mol. The number of pyridine rings is 1. The second-order valence-corrected chi connectivity index (χ2v) is 6.27. The number of amides is 1. The lowest BCUT2D eigenvalue weighted by Crippen LogP contribution is -2.27. The van der Waals surface area contributed by atoms with Crippen molar-refractivity contribution in [3.05, 3.63) is 57.6 Å². The highest BCUT2D eigenvalue weighted by atomic mass is 35.5. The Balaban J connectivity index is 1.73. The van der Waals surface area contributed by atoms with Crippen molar-refractivity contribution in [1.82, 2.24) is 19.4 Å². The van der Waals surface area contributed by atoms with Crippen LogP contribution in [0.15, 0.2) is 41.3 Å². The molecule has 3 heterocycles. The fraction of sp³-hybridized carbons (Fsp3) is 0.235. The first kappa shape index (κ1) is 15.0. The van der Waals surface area contributed by atoms with E-state index in [0.717, 1.165) is 25.9 Å². The summed E-state index contributed by atoms with van der Waals surface area (Å²) in [4.78, 5) is 33.3. The maximum atomic E-state index is 12.4. The summed E-state index contributed by atoms with van der Waals surface area (Å²) < 4.78 is 1.50. The van der Waals surface area contributed by atoms with Gasteiger partial charge in [0.1, 0.15) is 0 Å². The van der Waals surface area contributed by atoms with Crippen molar-refractivity contribution in [1.29, 1.82) is 0 Å². The van der Waals surface area contributed by atoms with Crippen LogP contribution in [-0.2, 0) is 0 Å². The van der Waals surface area contributed by atoms with Crippen LogP contribution in [0, 0.1) is 0 Å². The number of imidazole rings is 1. The van der Waals surface area contributed by atoms with E-state index in [-0.39, 0.29) is 11.6 Å². The molecule has 0 radical (unpaired) electrons. The van der Waals surface area contributed by atoms with Gasteiger partial charge in [-0.1, -0.05) is 11.6 Å². The molecular weight excluding hydrogens is 328 g/mol. The zero-order valence-corrected chi connectivity index (χ0v) is 13.6. The minimum absolute atomic E-state index is 0.0371. The Bertz CT molecular complexity index is 968. The molecule has 24 heavy (non-hydrogen) atoms. The Morgan fingerprint density at radius 1 is 1.17 bits per heavy atom. The van der Waals surface area contributed by atoms with Crippen molar-refractivity contribution >= 4 is 28.7 Å². The first-order valence-corrected chi connectivity index (χ1v) is 8.17. The van der Waals surface area contributed by atoms with Gasteiger partial charge in [0.2, 0.25) is 0 Å². The van der Waals surface area contributed by atoms with Gasteiger partial charge >= 0.3 is 5.69 Å². The van der Waals surface area contributed by atoms with Crippen LogP contribution in [0.4, 0.5) is 0 Å². The van der Waals surface area contributed by atoms with Crippen LogP contribution >= 0.6 is 11.6 Å². The molecule has 6 nitrogen and oxygen atoms in total. The summed E-state index contributed by atoms with van der Waals surface area (Å²) in [7, 11) is 0. The van der Waals surface area contributed by atoms with E-state index in [2.05, 4.69) is 9.97 Å². The number of nitrogens with one attached hydrogen (secondary N) is 1. The van der Waals surface area contributed by atoms with Crippen LogP contribution < -0.4 is 5.69 Å². The Hall–Kier alpha value is -2.60. The molecule has 3 aromatic rings. The average Bonchev–Trinajstić information content (AvgIpc) is 3.21. The summed E-state index contributed by atoms with van der Waals surface area (Å²) in [5, 5.41) is 0.455. The molecule has 1 amide bonds. The third-order valence-electron chi connectivity index (χ3n) is 4.27. The van der Waals surface area contributed by atoms with Gasteiger partial charge in [-0.15, -0.1) is 0 Å². The van der Waals surface area contributed by atoms with E-state index < -0.39 is 0 Å². The van der Waals surface area contributed by atoms with Crippen LogP contribution in [0.1, 0.15) is 23.2 Å². The van der Waals surface area contributed by atoms with Crippen molar-refractivity contribution in [2.75, 3.05) is 13.1 Å². The van der Waals surface area contributed by atoms with Crippen molar-refractivity contribution in [2.24, 2.45) is 0 Å². The number of nitrogens with zero attached hydrogens (tertiary/aromatic N) is 3. The van der Waals surface area contributed by atoms with E-state index in [1.807, 2.05) is 4.90 Å². The van der Waals surface area contributed by atoms with E-state index >= 15 is 0 Å². The highest BCUT2D eigenvalue weighted by Gasteiger charge is 2.19. The zero-order chi connectivity index (χ0) is 16.7. The van der Waals surface area contributed by atoms with Gasteiger partial charge in [-0.05, 0) is 43.2 Å². The molecule has 1 saturated heterocycles. The quantitative estimate of drug-likeness (QED) is 0.778. The predicted octanol–water partition coefficient (Wildman–Crippen LogP) is 2.60. The number of fused-ring (bicyclic) bond motifs is 1. The number of aromatic amines is 1. The van der Waals surface area contributed by atoms with E-state index in [9.17, 15) is 9.59 Å². The molecule has 0 unspecified atom stereocenters. The van der Waals surface area contributed by atoms with Gasteiger partial charge in [0, 0.05) is 24.8 Å². The van der Waals surface area contributed by atoms with Gasteiger partial charge in [-0.3, -0.25) is 14.3 Å². The van der Waals surface area contributed by atoms with Gasteiger partial charge in [0.15, 0.2) is 5.65 Å². The minimum Gasteiger partial charge on any atom is -0.339 e. The van der Waals surface area contributed by atoms with Crippen LogP contribution in [0.3, 0.4) is 0 Å². The van der Waals surface area contributed by atoms with Crippen molar-refractivity contribution in [3.8, 4) is 5.69 Å².